The molecule has 0 radical (unpaired) electrons. The van der Waals surface area contributed by atoms with Crippen LogP contribution in [0.25, 0.3) is 5.65 Å². The topological polar surface area (TPSA) is 127 Å². The molecule has 10 nitrogen and oxygen atoms in total. The standard InChI is InChI=1S/C30H34F3N7O3/c31-29-13-28(14-29,15-29)10-22(41)36-23(16-1-2-16)19-9-21-35-20(12-40(21)34-11-19)24(18-5-7-30(32,33)8-6-18)37-27(42)26-25(17-3-4-17)38-43-39-26/h9,11-12,16-18,23-24H,1-8,10,13-15H2,(H,36,41)(H,37,42)/t23?,24-,28?,29?/m0/s1. The molecule has 0 aromatic carbocycles. The van der Waals surface area contributed by atoms with Gasteiger partial charge in [0.2, 0.25) is 11.8 Å². The van der Waals surface area contributed by atoms with Gasteiger partial charge >= 0.3 is 0 Å². The summed E-state index contributed by atoms with van der Waals surface area (Å²) >= 11 is 0. The maximum absolute atomic E-state index is 14.1. The van der Waals surface area contributed by atoms with Crippen LogP contribution in [0.2, 0.25) is 0 Å². The number of hydrogen-bond acceptors (Lipinski definition) is 7. The van der Waals surface area contributed by atoms with Gasteiger partial charge in [0.1, 0.15) is 11.4 Å². The van der Waals surface area contributed by atoms with Gasteiger partial charge in [0.15, 0.2) is 11.3 Å². The van der Waals surface area contributed by atoms with Gasteiger partial charge in [-0.05, 0) is 91.8 Å². The lowest BCUT2D eigenvalue weighted by atomic mass is 9.41. The average Bonchev–Trinajstić information content (AvgIpc) is 3.87. The van der Waals surface area contributed by atoms with E-state index in [1.54, 1.807) is 16.9 Å². The number of imidazole rings is 1. The normalized spacial score (nSPS) is 29.4. The Morgan fingerprint density at radius 2 is 1.70 bits per heavy atom. The second kappa shape index (κ2) is 9.49. The molecule has 2 N–H and O–H groups in total. The number of alkyl halides is 3. The summed E-state index contributed by atoms with van der Waals surface area (Å²) in [5.41, 5.74) is 1.34. The lowest BCUT2D eigenvalue weighted by molar-refractivity contribution is -0.215. The van der Waals surface area contributed by atoms with E-state index in [9.17, 15) is 22.8 Å². The molecule has 0 aliphatic heterocycles. The zero-order valence-corrected chi connectivity index (χ0v) is 23.7. The molecule has 13 heteroatoms. The lowest BCUT2D eigenvalue weighted by Crippen LogP contribution is -2.65. The molecule has 9 rings (SSSR count). The summed E-state index contributed by atoms with van der Waals surface area (Å²) in [5.74, 6) is -3.05. The number of carbonyl (C=O) groups is 2. The van der Waals surface area contributed by atoms with Crippen molar-refractivity contribution in [3.63, 3.8) is 0 Å². The molecule has 6 fully saturated rings. The Hall–Kier alpha value is -3.51. The highest BCUT2D eigenvalue weighted by atomic mass is 19.3. The van der Waals surface area contributed by atoms with Crippen molar-refractivity contribution in [2.45, 2.75) is 107 Å². The van der Waals surface area contributed by atoms with Gasteiger partial charge in [-0.25, -0.2) is 27.3 Å². The van der Waals surface area contributed by atoms with Crippen molar-refractivity contribution in [2.24, 2.45) is 17.3 Å². The van der Waals surface area contributed by atoms with E-state index in [1.807, 2.05) is 6.07 Å². The number of carbonyl (C=O) groups excluding carboxylic acids is 2. The van der Waals surface area contributed by atoms with Gasteiger partial charge in [0, 0.05) is 25.2 Å². The van der Waals surface area contributed by atoms with Crippen LogP contribution >= 0.6 is 0 Å². The zero-order chi connectivity index (χ0) is 29.6. The van der Waals surface area contributed by atoms with Crippen molar-refractivity contribution in [3.8, 4) is 0 Å². The highest BCUT2D eigenvalue weighted by molar-refractivity contribution is 5.93. The van der Waals surface area contributed by atoms with Crippen LogP contribution in [0, 0.1) is 17.3 Å². The third-order valence-corrected chi connectivity index (χ3v) is 10.3. The van der Waals surface area contributed by atoms with Crippen LogP contribution in [0.15, 0.2) is 23.1 Å². The Morgan fingerprint density at radius 3 is 2.37 bits per heavy atom. The molecular formula is C30H34F3N7O3. The molecule has 2 bridgehead atoms. The SMILES string of the molecule is O=C(CC12CC(F)(C1)C2)NC(c1cnn2cc([C@@H](NC(=O)c3nonc3C3CC3)C3CCC(F)(F)CC3)nc2c1)C1CC1. The van der Waals surface area contributed by atoms with Gasteiger partial charge in [-0.1, -0.05) is 5.16 Å². The quantitative estimate of drug-likeness (QED) is 0.332. The zero-order valence-electron chi connectivity index (χ0n) is 23.7. The van der Waals surface area contributed by atoms with Gasteiger partial charge in [-0.3, -0.25) is 9.59 Å². The molecule has 6 aliphatic carbocycles. The largest absolute Gasteiger partial charge is 0.349 e. The summed E-state index contributed by atoms with van der Waals surface area (Å²) in [4.78, 5) is 31.1. The van der Waals surface area contributed by atoms with Gasteiger partial charge in [0.25, 0.3) is 5.91 Å². The molecule has 1 unspecified atom stereocenters. The first-order chi connectivity index (χ1) is 20.6. The van der Waals surface area contributed by atoms with E-state index < -0.39 is 23.5 Å². The Labute approximate surface area is 245 Å². The van der Waals surface area contributed by atoms with Crippen molar-refractivity contribution >= 4 is 17.5 Å². The number of hydrogen-bond donors (Lipinski definition) is 2. The molecule has 2 amide bonds. The molecule has 6 saturated carbocycles. The fourth-order valence-corrected chi connectivity index (χ4v) is 7.76. The van der Waals surface area contributed by atoms with E-state index in [4.69, 9.17) is 9.61 Å². The summed E-state index contributed by atoms with van der Waals surface area (Å²) in [5, 5.41) is 18.5. The second-order valence-electron chi connectivity index (χ2n) is 13.9. The van der Waals surface area contributed by atoms with Gasteiger partial charge < -0.3 is 10.6 Å². The number of halogens is 3. The minimum atomic E-state index is -2.72. The van der Waals surface area contributed by atoms with Crippen LogP contribution in [-0.2, 0) is 4.79 Å². The molecule has 0 saturated heterocycles. The first-order valence-electron chi connectivity index (χ1n) is 15.4. The molecule has 3 aromatic rings. The number of aromatic nitrogens is 5. The maximum atomic E-state index is 14.1. The third-order valence-electron chi connectivity index (χ3n) is 10.3. The highest BCUT2D eigenvalue weighted by Gasteiger charge is 2.69. The number of amides is 2. The smallest absolute Gasteiger partial charge is 0.276 e. The lowest BCUT2D eigenvalue weighted by Gasteiger charge is -2.65. The monoisotopic (exact) mass is 597 g/mol. The van der Waals surface area contributed by atoms with Crippen LogP contribution in [0.5, 0.6) is 0 Å². The number of nitrogens with one attached hydrogen (secondary N) is 2. The Morgan fingerprint density at radius 1 is 0.977 bits per heavy atom. The van der Waals surface area contributed by atoms with E-state index in [1.165, 1.54) is 0 Å². The van der Waals surface area contributed by atoms with E-state index in [0.29, 0.717) is 48.6 Å². The molecule has 2 atom stereocenters. The van der Waals surface area contributed by atoms with Gasteiger partial charge in [0.05, 0.1) is 30.2 Å². The van der Waals surface area contributed by atoms with Gasteiger partial charge in [-0.2, -0.15) is 5.10 Å². The number of rotatable bonds is 10. The molecule has 6 aliphatic rings. The second-order valence-corrected chi connectivity index (χ2v) is 13.9. The fourth-order valence-electron chi connectivity index (χ4n) is 7.76. The first kappa shape index (κ1) is 27.1. The number of nitrogens with zero attached hydrogens (tertiary/aromatic N) is 5. The number of fused-ring (bicyclic) bond motifs is 1. The van der Waals surface area contributed by atoms with E-state index in [2.05, 4.69) is 26.0 Å². The Kier molecular flexibility index (Phi) is 5.98. The third kappa shape index (κ3) is 5.08. The molecule has 43 heavy (non-hydrogen) atoms. The Balaban J connectivity index is 1.04. The van der Waals surface area contributed by atoms with Crippen LogP contribution < -0.4 is 10.6 Å². The predicted molar refractivity (Wildman–Crippen MR) is 145 cm³/mol. The Bertz CT molecular complexity index is 1570. The van der Waals surface area contributed by atoms with E-state index in [-0.39, 0.29) is 60.6 Å². The fraction of sp³-hybridized carbons (Fsp3) is 0.667. The van der Waals surface area contributed by atoms with Crippen molar-refractivity contribution < 1.29 is 27.4 Å². The van der Waals surface area contributed by atoms with E-state index in [0.717, 1.165) is 31.2 Å². The van der Waals surface area contributed by atoms with Crippen LogP contribution in [-0.4, -0.2) is 48.3 Å². The van der Waals surface area contributed by atoms with Crippen molar-refractivity contribution in [2.75, 3.05) is 0 Å². The summed E-state index contributed by atoms with van der Waals surface area (Å²) < 4.78 is 48.6. The summed E-state index contributed by atoms with van der Waals surface area (Å²) in [6, 6.07) is 1.04. The van der Waals surface area contributed by atoms with Crippen molar-refractivity contribution in [1.29, 1.82) is 0 Å². The van der Waals surface area contributed by atoms with Crippen molar-refractivity contribution in [1.82, 2.24) is 35.5 Å². The maximum Gasteiger partial charge on any atom is 0.276 e. The first-order valence-corrected chi connectivity index (χ1v) is 15.4. The molecular weight excluding hydrogens is 563 g/mol. The van der Waals surface area contributed by atoms with Crippen LogP contribution in [0.1, 0.15) is 122 Å². The van der Waals surface area contributed by atoms with Gasteiger partial charge in [-0.15, -0.1) is 0 Å². The summed E-state index contributed by atoms with van der Waals surface area (Å²) in [7, 11) is 0. The minimum absolute atomic E-state index is 0.0626. The molecule has 228 valence electrons. The summed E-state index contributed by atoms with van der Waals surface area (Å²) in [6.45, 7) is 0. The average molecular weight is 598 g/mol. The predicted octanol–water partition coefficient (Wildman–Crippen LogP) is 5.14. The highest BCUT2D eigenvalue weighted by Crippen LogP contribution is 2.71. The van der Waals surface area contributed by atoms with E-state index >= 15 is 0 Å². The molecule has 3 heterocycles. The molecule has 0 spiro atoms. The molecule has 3 aromatic heterocycles. The van der Waals surface area contributed by atoms with Crippen LogP contribution in [0.3, 0.4) is 0 Å². The van der Waals surface area contributed by atoms with Crippen LogP contribution in [0.4, 0.5) is 13.2 Å². The van der Waals surface area contributed by atoms with Crippen molar-refractivity contribution in [3.05, 3.63) is 41.1 Å². The minimum Gasteiger partial charge on any atom is -0.349 e. The summed E-state index contributed by atoms with van der Waals surface area (Å²) in [6.07, 6.45) is 9.01.